The SMILES string of the molecule is CCCOc1ccc(Oc2ncccc2CNC(=O)Nc2ccncc2C)cc1. The van der Waals surface area contributed by atoms with Gasteiger partial charge in [0.1, 0.15) is 11.5 Å². The van der Waals surface area contributed by atoms with Crippen LogP contribution in [0.5, 0.6) is 17.4 Å². The van der Waals surface area contributed by atoms with Crippen molar-refractivity contribution in [2.24, 2.45) is 0 Å². The second-order valence-electron chi connectivity index (χ2n) is 6.39. The number of amides is 2. The average Bonchev–Trinajstić information content (AvgIpc) is 2.74. The summed E-state index contributed by atoms with van der Waals surface area (Å²) in [5, 5.41) is 5.63. The molecule has 0 bridgehead atoms. The van der Waals surface area contributed by atoms with Crippen molar-refractivity contribution in [2.45, 2.75) is 26.8 Å². The Bertz CT molecular complexity index is 945. The van der Waals surface area contributed by atoms with Gasteiger partial charge in [-0.25, -0.2) is 9.78 Å². The molecule has 0 saturated carbocycles. The Labute approximate surface area is 170 Å². The van der Waals surface area contributed by atoms with Gasteiger partial charge in [-0.3, -0.25) is 4.98 Å². The standard InChI is InChI=1S/C22H24N4O3/c1-3-13-28-18-6-8-19(9-7-18)29-21-17(5-4-11-24-21)15-25-22(27)26-20-10-12-23-14-16(20)2/h4-12,14H,3,13,15H2,1-2H3,(H2,23,25,26,27). The average molecular weight is 392 g/mol. The van der Waals surface area contributed by atoms with Gasteiger partial charge in [-0.15, -0.1) is 0 Å². The number of nitrogens with zero attached hydrogens (tertiary/aromatic N) is 2. The lowest BCUT2D eigenvalue weighted by molar-refractivity contribution is 0.251. The fourth-order valence-corrected chi connectivity index (χ4v) is 2.54. The van der Waals surface area contributed by atoms with Gasteiger partial charge in [0.25, 0.3) is 0 Å². The Morgan fingerprint density at radius 3 is 2.62 bits per heavy atom. The number of aromatic nitrogens is 2. The van der Waals surface area contributed by atoms with Crippen molar-refractivity contribution >= 4 is 11.7 Å². The fourth-order valence-electron chi connectivity index (χ4n) is 2.54. The first-order valence-electron chi connectivity index (χ1n) is 9.45. The van der Waals surface area contributed by atoms with Crippen molar-refractivity contribution in [1.82, 2.24) is 15.3 Å². The highest BCUT2D eigenvalue weighted by molar-refractivity contribution is 5.89. The molecule has 3 aromatic rings. The van der Waals surface area contributed by atoms with E-state index in [-0.39, 0.29) is 12.6 Å². The topological polar surface area (TPSA) is 85.4 Å². The number of ether oxygens (including phenoxy) is 2. The van der Waals surface area contributed by atoms with Crippen LogP contribution >= 0.6 is 0 Å². The van der Waals surface area contributed by atoms with Gasteiger partial charge in [-0.1, -0.05) is 13.0 Å². The van der Waals surface area contributed by atoms with Gasteiger partial charge >= 0.3 is 6.03 Å². The van der Waals surface area contributed by atoms with Crippen LogP contribution in [-0.2, 0) is 6.54 Å². The van der Waals surface area contributed by atoms with Gasteiger partial charge in [0, 0.05) is 36.4 Å². The number of benzene rings is 1. The summed E-state index contributed by atoms with van der Waals surface area (Å²) >= 11 is 0. The molecule has 7 nitrogen and oxygen atoms in total. The molecule has 3 rings (SSSR count). The van der Waals surface area contributed by atoms with E-state index in [1.165, 1.54) is 0 Å². The molecule has 0 spiro atoms. The van der Waals surface area contributed by atoms with E-state index in [4.69, 9.17) is 9.47 Å². The molecule has 29 heavy (non-hydrogen) atoms. The van der Waals surface area contributed by atoms with Crippen LogP contribution in [0, 0.1) is 6.92 Å². The third-order valence-corrected chi connectivity index (χ3v) is 4.07. The maximum atomic E-state index is 12.2. The van der Waals surface area contributed by atoms with Gasteiger partial charge in [0.15, 0.2) is 0 Å². The molecule has 2 aromatic heterocycles. The summed E-state index contributed by atoms with van der Waals surface area (Å²) < 4.78 is 11.5. The van der Waals surface area contributed by atoms with Crippen LogP contribution in [0.2, 0.25) is 0 Å². The van der Waals surface area contributed by atoms with E-state index in [0.717, 1.165) is 23.3 Å². The summed E-state index contributed by atoms with van der Waals surface area (Å²) in [5.41, 5.74) is 2.37. The van der Waals surface area contributed by atoms with Gasteiger partial charge in [-0.05, 0) is 55.3 Å². The maximum absolute atomic E-state index is 12.2. The molecule has 2 N–H and O–H groups in total. The first-order chi connectivity index (χ1) is 14.2. The minimum atomic E-state index is -0.313. The summed E-state index contributed by atoms with van der Waals surface area (Å²) in [4.78, 5) is 20.5. The highest BCUT2D eigenvalue weighted by atomic mass is 16.5. The Morgan fingerprint density at radius 2 is 1.86 bits per heavy atom. The zero-order valence-corrected chi connectivity index (χ0v) is 16.5. The number of carbonyl (C=O) groups excluding carboxylic acids is 1. The van der Waals surface area contributed by atoms with Crippen molar-refractivity contribution in [2.75, 3.05) is 11.9 Å². The normalized spacial score (nSPS) is 10.3. The molecule has 0 aliphatic heterocycles. The molecular weight excluding hydrogens is 368 g/mol. The van der Waals surface area contributed by atoms with E-state index >= 15 is 0 Å². The third-order valence-electron chi connectivity index (χ3n) is 4.07. The lowest BCUT2D eigenvalue weighted by Gasteiger charge is -2.12. The monoisotopic (exact) mass is 392 g/mol. The van der Waals surface area contributed by atoms with Gasteiger partial charge in [-0.2, -0.15) is 0 Å². The Hall–Kier alpha value is -3.61. The number of nitrogens with one attached hydrogen (secondary N) is 2. The zero-order valence-electron chi connectivity index (χ0n) is 16.5. The molecule has 7 heteroatoms. The second-order valence-corrected chi connectivity index (χ2v) is 6.39. The smallest absolute Gasteiger partial charge is 0.319 e. The van der Waals surface area contributed by atoms with E-state index in [0.29, 0.717) is 23.9 Å². The minimum absolute atomic E-state index is 0.275. The van der Waals surface area contributed by atoms with Crippen molar-refractivity contribution in [1.29, 1.82) is 0 Å². The number of hydrogen-bond donors (Lipinski definition) is 2. The summed E-state index contributed by atoms with van der Waals surface area (Å²) in [6.45, 7) is 4.90. The van der Waals surface area contributed by atoms with Gasteiger partial charge < -0.3 is 20.1 Å². The maximum Gasteiger partial charge on any atom is 0.319 e. The van der Waals surface area contributed by atoms with Crippen LogP contribution < -0.4 is 20.1 Å². The number of rotatable bonds is 8. The van der Waals surface area contributed by atoms with Crippen molar-refractivity contribution in [3.05, 3.63) is 72.2 Å². The quantitative estimate of drug-likeness (QED) is 0.581. The lowest BCUT2D eigenvalue weighted by Crippen LogP contribution is -2.28. The predicted octanol–water partition coefficient (Wildman–Crippen LogP) is 4.69. The van der Waals surface area contributed by atoms with Crippen LogP contribution in [0.4, 0.5) is 10.5 Å². The molecule has 150 valence electrons. The van der Waals surface area contributed by atoms with Crippen molar-refractivity contribution < 1.29 is 14.3 Å². The summed E-state index contributed by atoms with van der Waals surface area (Å²) in [6, 6.07) is 12.5. The zero-order chi connectivity index (χ0) is 20.5. The summed E-state index contributed by atoms with van der Waals surface area (Å²) in [6.07, 6.45) is 5.93. The van der Waals surface area contributed by atoms with Crippen molar-refractivity contribution in [3.8, 4) is 17.4 Å². The fraction of sp³-hybridized carbons (Fsp3) is 0.227. The molecule has 2 heterocycles. The molecule has 0 aliphatic carbocycles. The summed E-state index contributed by atoms with van der Waals surface area (Å²) in [7, 11) is 0. The second kappa shape index (κ2) is 10.1. The molecule has 2 amide bonds. The van der Waals surface area contributed by atoms with Crippen LogP contribution in [0.25, 0.3) is 0 Å². The largest absolute Gasteiger partial charge is 0.494 e. The molecule has 0 saturated heterocycles. The van der Waals surface area contributed by atoms with E-state index in [2.05, 4.69) is 27.5 Å². The van der Waals surface area contributed by atoms with Crippen LogP contribution in [0.15, 0.2) is 61.1 Å². The first kappa shape index (κ1) is 20.1. The molecule has 0 aliphatic rings. The number of hydrogen-bond acceptors (Lipinski definition) is 5. The lowest BCUT2D eigenvalue weighted by atomic mass is 10.2. The van der Waals surface area contributed by atoms with Crippen LogP contribution in [0.1, 0.15) is 24.5 Å². The molecule has 0 unspecified atom stereocenters. The van der Waals surface area contributed by atoms with E-state index in [1.807, 2.05) is 37.3 Å². The van der Waals surface area contributed by atoms with Gasteiger partial charge in [0.05, 0.1) is 6.61 Å². The molecule has 0 radical (unpaired) electrons. The van der Waals surface area contributed by atoms with Gasteiger partial charge in [0.2, 0.25) is 5.88 Å². The highest BCUT2D eigenvalue weighted by Gasteiger charge is 2.09. The van der Waals surface area contributed by atoms with E-state index in [1.54, 1.807) is 30.7 Å². The Kier molecular flexibility index (Phi) is 7.00. The van der Waals surface area contributed by atoms with Crippen LogP contribution in [-0.4, -0.2) is 22.6 Å². The number of pyridine rings is 2. The molecular formula is C22H24N4O3. The Balaban J connectivity index is 1.60. The van der Waals surface area contributed by atoms with E-state index in [9.17, 15) is 4.79 Å². The molecule has 0 fully saturated rings. The number of urea groups is 1. The molecule has 1 aromatic carbocycles. The predicted molar refractivity (Wildman–Crippen MR) is 111 cm³/mol. The molecule has 0 atom stereocenters. The Morgan fingerprint density at radius 1 is 1.07 bits per heavy atom. The number of aryl methyl sites for hydroxylation is 1. The van der Waals surface area contributed by atoms with Crippen molar-refractivity contribution in [3.63, 3.8) is 0 Å². The summed E-state index contributed by atoms with van der Waals surface area (Å²) in [5.74, 6) is 1.88. The third kappa shape index (κ3) is 5.93. The van der Waals surface area contributed by atoms with E-state index < -0.39 is 0 Å². The highest BCUT2D eigenvalue weighted by Crippen LogP contribution is 2.25. The minimum Gasteiger partial charge on any atom is -0.494 e. The first-order valence-corrected chi connectivity index (χ1v) is 9.45. The number of anilines is 1. The number of carbonyl (C=O) groups is 1. The van der Waals surface area contributed by atoms with Crippen LogP contribution in [0.3, 0.4) is 0 Å².